The Kier molecular flexibility index (Phi) is 6.77. The first-order valence-corrected chi connectivity index (χ1v) is 8.57. The molecular formula is C11H21ClO4S. The van der Waals surface area contributed by atoms with Crippen molar-refractivity contribution in [1.29, 1.82) is 0 Å². The maximum atomic E-state index is 10.6. The standard InChI is InChI=1S/C11H21ClO4S/c1-10-2-4-11(5-3-10)16-7-6-15-8-9-17(12,13)14/h10-11H,2-9H2,1H3. The summed E-state index contributed by atoms with van der Waals surface area (Å²) in [5.41, 5.74) is 0. The lowest BCUT2D eigenvalue weighted by Gasteiger charge is -2.26. The van der Waals surface area contributed by atoms with Crippen molar-refractivity contribution >= 4 is 19.7 Å². The van der Waals surface area contributed by atoms with Crippen molar-refractivity contribution in [1.82, 2.24) is 0 Å². The molecule has 4 nitrogen and oxygen atoms in total. The van der Waals surface area contributed by atoms with Gasteiger partial charge in [0.2, 0.25) is 9.05 Å². The van der Waals surface area contributed by atoms with Crippen LogP contribution in [0.25, 0.3) is 0 Å². The molecular weight excluding hydrogens is 264 g/mol. The van der Waals surface area contributed by atoms with Crippen LogP contribution in [0.5, 0.6) is 0 Å². The SMILES string of the molecule is CC1CCC(OCCOCCS(=O)(=O)Cl)CC1. The van der Waals surface area contributed by atoms with Crippen LogP contribution in [0.4, 0.5) is 0 Å². The Labute approximate surface area is 108 Å². The van der Waals surface area contributed by atoms with Gasteiger partial charge < -0.3 is 9.47 Å². The van der Waals surface area contributed by atoms with Crippen LogP contribution in [-0.4, -0.2) is 40.1 Å². The summed E-state index contributed by atoms with van der Waals surface area (Å²) in [7, 11) is 1.61. The minimum absolute atomic E-state index is 0.136. The molecule has 0 aromatic carbocycles. The van der Waals surface area contributed by atoms with E-state index in [1.807, 2.05) is 0 Å². The van der Waals surface area contributed by atoms with E-state index in [0.29, 0.717) is 19.3 Å². The highest BCUT2D eigenvalue weighted by Gasteiger charge is 2.18. The van der Waals surface area contributed by atoms with Gasteiger partial charge in [0, 0.05) is 10.7 Å². The third-order valence-corrected chi connectivity index (χ3v) is 4.13. The van der Waals surface area contributed by atoms with E-state index in [9.17, 15) is 8.42 Å². The van der Waals surface area contributed by atoms with Crippen molar-refractivity contribution in [2.24, 2.45) is 5.92 Å². The van der Waals surface area contributed by atoms with E-state index in [4.69, 9.17) is 20.2 Å². The van der Waals surface area contributed by atoms with Crippen molar-refractivity contribution < 1.29 is 17.9 Å². The van der Waals surface area contributed by atoms with Gasteiger partial charge in [0.15, 0.2) is 0 Å². The first-order chi connectivity index (χ1) is 7.97. The van der Waals surface area contributed by atoms with Gasteiger partial charge in [-0.05, 0) is 31.6 Å². The second-order valence-electron chi connectivity index (χ2n) is 4.61. The van der Waals surface area contributed by atoms with Gasteiger partial charge in [0.25, 0.3) is 0 Å². The number of rotatable bonds is 7. The van der Waals surface area contributed by atoms with Crippen LogP contribution in [0.2, 0.25) is 0 Å². The zero-order valence-electron chi connectivity index (χ0n) is 10.2. The van der Waals surface area contributed by atoms with E-state index in [-0.39, 0.29) is 12.4 Å². The van der Waals surface area contributed by atoms with Gasteiger partial charge in [-0.25, -0.2) is 8.42 Å². The second kappa shape index (κ2) is 7.56. The maximum Gasteiger partial charge on any atom is 0.234 e. The molecule has 1 aliphatic rings. The molecule has 0 unspecified atom stereocenters. The summed E-state index contributed by atoms with van der Waals surface area (Å²) in [4.78, 5) is 0. The molecule has 17 heavy (non-hydrogen) atoms. The van der Waals surface area contributed by atoms with E-state index < -0.39 is 9.05 Å². The molecule has 0 spiro atoms. The van der Waals surface area contributed by atoms with Crippen LogP contribution in [0.15, 0.2) is 0 Å². The number of ether oxygens (including phenoxy) is 2. The molecule has 0 aromatic heterocycles. The molecule has 0 N–H and O–H groups in total. The molecule has 1 rings (SSSR count). The molecule has 0 heterocycles. The average molecular weight is 285 g/mol. The summed E-state index contributed by atoms with van der Waals surface area (Å²) >= 11 is 0. The highest BCUT2D eigenvalue weighted by Crippen LogP contribution is 2.25. The summed E-state index contributed by atoms with van der Waals surface area (Å²) in [6.45, 7) is 3.36. The molecule has 0 saturated heterocycles. The predicted octanol–water partition coefficient (Wildman–Crippen LogP) is 2.17. The molecule has 1 fully saturated rings. The largest absolute Gasteiger partial charge is 0.378 e. The van der Waals surface area contributed by atoms with Gasteiger partial charge in [-0.15, -0.1) is 0 Å². The molecule has 0 aliphatic heterocycles. The van der Waals surface area contributed by atoms with Crippen LogP contribution in [0.3, 0.4) is 0 Å². The Balaban J connectivity index is 1.94. The van der Waals surface area contributed by atoms with Crippen molar-refractivity contribution in [2.75, 3.05) is 25.6 Å². The molecule has 1 saturated carbocycles. The maximum absolute atomic E-state index is 10.6. The van der Waals surface area contributed by atoms with Crippen molar-refractivity contribution in [2.45, 2.75) is 38.7 Å². The zero-order valence-corrected chi connectivity index (χ0v) is 11.8. The summed E-state index contributed by atoms with van der Waals surface area (Å²) in [6.07, 6.45) is 5.06. The van der Waals surface area contributed by atoms with Crippen LogP contribution in [-0.2, 0) is 18.5 Å². The quantitative estimate of drug-likeness (QED) is 0.531. The summed E-state index contributed by atoms with van der Waals surface area (Å²) < 4.78 is 32.0. The normalized spacial score (nSPS) is 26.0. The van der Waals surface area contributed by atoms with E-state index in [0.717, 1.165) is 18.8 Å². The number of halogens is 1. The summed E-state index contributed by atoms with van der Waals surface area (Å²) in [6, 6.07) is 0. The summed E-state index contributed by atoms with van der Waals surface area (Å²) in [5.74, 6) is 0.676. The number of hydrogen-bond donors (Lipinski definition) is 0. The van der Waals surface area contributed by atoms with Crippen LogP contribution in [0, 0.1) is 5.92 Å². The van der Waals surface area contributed by atoms with Gasteiger partial charge in [-0.2, -0.15) is 0 Å². The lowest BCUT2D eigenvalue weighted by atomic mass is 9.89. The molecule has 6 heteroatoms. The monoisotopic (exact) mass is 284 g/mol. The second-order valence-corrected chi connectivity index (χ2v) is 7.50. The van der Waals surface area contributed by atoms with Crippen molar-refractivity contribution in [3.05, 3.63) is 0 Å². The van der Waals surface area contributed by atoms with Gasteiger partial charge in [0.05, 0.1) is 31.7 Å². The minimum Gasteiger partial charge on any atom is -0.378 e. The van der Waals surface area contributed by atoms with E-state index in [2.05, 4.69) is 6.92 Å². The third-order valence-electron chi connectivity index (χ3n) is 3.02. The van der Waals surface area contributed by atoms with E-state index in [1.165, 1.54) is 12.8 Å². The molecule has 0 amide bonds. The van der Waals surface area contributed by atoms with Gasteiger partial charge in [0.1, 0.15) is 0 Å². The van der Waals surface area contributed by atoms with Crippen molar-refractivity contribution in [3.63, 3.8) is 0 Å². The summed E-state index contributed by atoms with van der Waals surface area (Å²) in [5, 5.41) is 0. The predicted molar refractivity (Wildman–Crippen MR) is 67.8 cm³/mol. The highest BCUT2D eigenvalue weighted by molar-refractivity contribution is 8.13. The molecule has 0 aromatic rings. The Morgan fingerprint density at radius 3 is 2.35 bits per heavy atom. The minimum atomic E-state index is -3.43. The average Bonchev–Trinajstić information content (AvgIpc) is 2.24. The zero-order chi connectivity index (χ0) is 12.7. The Hall–Kier alpha value is 0.160. The Bertz CT molecular complexity index is 297. The molecule has 1 aliphatic carbocycles. The fraction of sp³-hybridized carbons (Fsp3) is 1.00. The first kappa shape index (κ1) is 15.2. The molecule has 0 bridgehead atoms. The van der Waals surface area contributed by atoms with Crippen LogP contribution < -0.4 is 0 Å². The Morgan fingerprint density at radius 2 is 1.76 bits per heavy atom. The number of hydrogen-bond acceptors (Lipinski definition) is 4. The van der Waals surface area contributed by atoms with E-state index >= 15 is 0 Å². The highest BCUT2D eigenvalue weighted by atomic mass is 35.7. The molecule has 102 valence electrons. The van der Waals surface area contributed by atoms with Crippen molar-refractivity contribution in [3.8, 4) is 0 Å². The fourth-order valence-electron chi connectivity index (χ4n) is 1.93. The van der Waals surface area contributed by atoms with Gasteiger partial charge >= 0.3 is 0 Å². The molecule has 0 atom stereocenters. The first-order valence-electron chi connectivity index (χ1n) is 6.09. The van der Waals surface area contributed by atoms with Gasteiger partial charge in [-0.1, -0.05) is 6.92 Å². The van der Waals surface area contributed by atoms with Crippen LogP contribution in [0.1, 0.15) is 32.6 Å². The topological polar surface area (TPSA) is 52.6 Å². The third kappa shape index (κ3) is 7.97. The van der Waals surface area contributed by atoms with Gasteiger partial charge in [-0.3, -0.25) is 0 Å². The fourth-order valence-corrected chi connectivity index (χ4v) is 2.44. The van der Waals surface area contributed by atoms with Crippen LogP contribution >= 0.6 is 10.7 Å². The molecule has 0 radical (unpaired) electrons. The lowest BCUT2D eigenvalue weighted by Crippen LogP contribution is -2.22. The lowest BCUT2D eigenvalue weighted by molar-refractivity contribution is -0.0130. The van der Waals surface area contributed by atoms with E-state index in [1.54, 1.807) is 0 Å². The smallest absolute Gasteiger partial charge is 0.234 e. The Morgan fingerprint density at radius 1 is 1.12 bits per heavy atom.